The second-order valence-corrected chi connectivity index (χ2v) is 7.73. The van der Waals surface area contributed by atoms with Crippen molar-refractivity contribution >= 4 is 11.9 Å². The highest BCUT2D eigenvalue weighted by Gasteiger charge is 2.34. The molecule has 0 saturated heterocycles. The van der Waals surface area contributed by atoms with Crippen LogP contribution in [0.4, 0.5) is 5.95 Å². The fourth-order valence-electron chi connectivity index (χ4n) is 3.92. The quantitative estimate of drug-likeness (QED) is 0.511. The molecule has 2 aromatic carbocycles. The van der Waals surface area contributed by atoms with Crippen molar-refractivity contribution in [3.05, 3.63) is 76.8 Å². The molecule has 0 radical (unpaired) electrons. The third-order valence-corrected chi connectivity index (χ3v) is 5.35. The standard InChI is InChI=1S/C25H28N4O4/c1-5-31-21-13-19(10-11-20(21)33-14-18-9-7-8-16(3)12-18)23-22(24(30)32-6-2)17(4)28-25-26-15-27-29(23)25/h7-13,15,23H,5-6,14H2,1-4H3,(H,26,27,28). The number of carbonyl (C=O) groups is 1. The van der Waals surface area contributed by atoms with Gasteiger partial charge in [-0.15, -0.1) is 0 Å². The summed E-state index contributed by atoms with van der Waals surface area (Å²) >= 11 is 0. The number of anilines is 1. The fraction of sp³-hybridized carbons (Fsp3) is 0.320. The van der Waals surface area contributed by atoms with Crippen LogP contribution < -0.4 is 14.8 Å². The maximum Gasteiger partial charge on any atom is 0.338 e. The highest BCUT2D eigenvalue weighted by atomic mass is 16.5. The Hall–Kier alpha value is -3.81. The van der Waals surface area contributed by atoms with Crippen molar-refractivity contribution in [2.75, 3.05) is 18.5 Å². The Balaban J connectivity index is 1.70. The third-order valence-electron chi connectivity index (χ3n) is 5.35. The first-order valence-corrected chi connectivity index (χ1v) is 11.0. The van der Waals surface area contributed by atoms with Crippen LogP contribution in [-0.4, -0.2) is 33.9 Å². The molecule has 0 fully saturated rings. The summed E-state index contributed by atoms with van der Waals surface area (Å²) in [6, 6.07) is 13.4. The molecule has 1 N–H and O–H groups in total. The summed E-state index contributed by atoms with van der Waals surface area (Å²) in [6.07, 6.45) is 1.46. The van der Waals surface area contributed by atoms with Crippen molar-refractivity contribution in [1.29, 1.82) is 0 Å². The number of esters is 1. The van der Waals surface area contributed by atoms with Gasteiger partial charge in [-0.25, -0.2) is 9.48 Å². The van der Waals surface area contributed by atoms with Gasteiger partial charge in [0.1, 0.15) is 19.0 Å². The number of ether oxygens (including phenoxy) is 3. The van der Waals surface area contributed by atoms with E-state index in [-0.39, 0.29) is 6.61 Å². The Bertz CT molecular complexity index is 1180. The van der Waals surface area contributed by atoms with Gasteiger partial charge in [-0.05, 0) is 51.0 Å². The van der Waals surface area contributed by atoms with Gasteiger partial charge in [-0.3, -0.25) is 0 Å². The van der Waals surface area contributed by atoms with E-state index in [4.69, 9.17) is 14.2 Å². The number of hydrogen-bond acceptors (Lipinski definition) is 7. The van der Waals surface area contributed by atoms with Crippen LogP contribution >= 0.6 is 0 Å². The van der Waals surface area contributed by atoms with E-state index in [0.29, 0.717) is 41.9 Å². The van der Waals surface area contributed by atoms with Crippen molar-refractivity contribution in [2.24, 2.45) is 0 Å². The molecule has 172 valence electrons. The number of nitrogens with zero attached hydrogens (tertiary/aromatic N) is 3. The van der Waals surface area contributed by atoms with Gasteiger partial charge in [0.05, 0.1) is 18.8 Å². The molecule has 0 saturated carbocycles. The molecule has 1 unspecified atom stereocenters. The lowest BCUT2D eigenvalue weighted by molar-refractivity contribution is -0.139. The molecule has 1 aliphatic rings. The Morgan fingerprint density at radius 1 is 1.06 bits per heavy atom. The second-order valence-electron chi connectivity index (χ2n) is 7.73. The topological polar surface area (TPSA) is 87.5 Å². The largest absolute Gasteiger partial charge is 0.490 e. The first-order chi connectivity index (χ1) is 16.0. The van der Waals surface area contributed by atoms with Gasteiger partial charge < -0.3 is 19.5 Å². The van der Waals surface area contributed by atoms with E-state index in [9.17, 15) is 4.79 Å². The van der Waals surface area contributed by atoms with E-state index in [1.165, 1.54) is 11.9 Å². The van der Waals surface area contributed by atoms with Crippen LogP contribution in [0.25, 0.3) is 0 Å². The van der Waals surface area contributed by atoms with Crippen molar-refractivity contribution in [3.63, 3.8) is 0 Å². The third kappa shape index (κ3) is 4.69. The van der Waals surface area contributed by atoms with Crippen LogP contribution in [0.3, 0.4) is 0 Å². The number of rotatable bonds is 8. The Kier molecular flexibility index (Phi) is 6.63. The van der Waals surface area contributed by atoms with Gasteiger partial charge in [-0.1, -0.05) is 35.9 Å². The highest BCUT2D eigenvalue weighted by Crippen LogP contribution is 2.39. The minimum Gasteiger partial charge on any atom is -0.490 e. The van der Waals surface area contributed by atoms with Gasteiger partial charge >= 0.3 is 5.97 Å². The molecule has 3 aromatic rings. The van der Waals surface area contributed by atoms with Crippen LogP contribution in [0.2, 0.25) is 0 Å². The van der Waals surface area contributed by atoms with Gasteiger partial charge in [0.15, 0.2) is 11.5 Å². The smallest absolute Gasteiger partial charge is 0.338 e. The van der Waals surface area contributed by atoms with E-state index in [2.05, 4.69) is 34.5 Å². The number of carbonyl (C=O) groups excluding carboxylic acids is 1. The summed E-state index contributed by atoms with van der Waals surface area (Å²) in [4.78, 5) is 17.1. The van der Waals surface area contributed by atoms with Crippen molar-refractivity contribution in [3.8, 4) is 11.5 Å². The number of aryl methyl sites for hydroxylation is 1. The van der Waals surface area contributed by atoms with E-state index in [1.807, 2.05) is 44.2 Å². The van der Waals surface area contributed by atoms with Gasteiger partial charge in [0.25, 0.3) is 0 Å². The van der Waals surface area contributed by atoms with Gasteiger partial charge in [0.2, 0.25) is 5.95 Å². The molecule has 8 nitrogen and oxygen atoms in total. The number of fused-ring (bicyclic) bond motifs is 1. The molecule has 0 aliphatic carbocycles. The van der Waals surface area contributed by atoms with Crippen molar-refractivity contribution in [1.82, 2.24) is 14.8 Å². The summed E-state index contributed by atoms with van der Waals surface area (Å²) in [5.74, 6) is 1.40. The first kappa shape index (κ1) is 22.4. The monoisotopic (exact) mass is 448 g/mol. The SMILES string of the molecule is CCOC(=O)C1=C(C)Nc2ncnn2C1c1ccc(OCc2cccc(C)c2)c(OCC)c1. The summed E-state index contributed by atoms with van der Waals surface area (Å²) < 4.78 is 19.0. The molecule has 1 aliphatic heterocycles. The van der Waals surface area contributed by atoms with Gasteiger partial charge in [0, 0.05) is 5.70 Å². The summed E-state index contributed by atoms with van der Waals surface area (Å²) in [5, 5.41) is 7.49. The average molecular weight is 449 g/mol. The van der Waals surface area contributed by atoms with Crippen molar-refractivity contribution < 1.29 is 19.0 Å². The van der Waals surface area contributed by atoms with E-state index in [1.54, 1.807) is 11.6 Å². The van der Waals surface area contributed by atoms with E-state index in [0.717, 1.165) is 11.1 Å². The lowest BCUT2D eigenvalue weighted by atomic mass is 9.95. The zero-order chi connectivity index (χ0) is 23.4. The zero-order valence-corrected chi connectivity index (χ0v) is 19.3. The predicted octanol–water partition coefficient (Wildman–Crippen LogP) is 4.42. The van der Waals surface area contributed by atoms with Crippen molar-refractivity contribution in [2.45, 2.75) is 40.3 Å². The first-order valence-electron chi connectivity index (χ1n) is 11.0. The summed E-state index contributed by atoms with van der Waals surface area (Å²) in [5.41, 5.74) is 4.23. The average Bonchev–Trinajstić information content (AvgIpc) is 3.25. The maximum absolute atomic E-state index is 12.9. The van der Waals surface area contributed by atoms with Crippen LogP contribution in [0.15, 0.2) is 60.1 Å². The van der Waals surface area contributed by atoms with Crippen LogP contribution in [0.5, 0.6) is 11.5 Å². The van der Waals surface area contributed by atoms with Crippen LogP contribution in [-0.2, 0) is 16.1 Å². The molecular weight excluding hydrogens is 420 g/mol. The molecule has 1 aromatic heterocycles. The van der Waals surface area contributed by atoms with Crippen LogP contribution in [0.1, 0.15) is 43.5 Å². The predicted molar refractivity (Wildman–Crippen MR) is 124 cm³/mol. The Morgan fingerprint density at radius 2 is 1.91 bits per heavy atom. The lowest BCUT2D eigenvalue weighted by Crippen LogP contribution is -2.29. The molecular formula is C25H28N4O4. The minimum atomic E-state index is -0.507. The van der Waals surface area contributed by atoms with Crippen LogP contribution in [0, 0.1) is 6.92 Å². The van der Waals surface area contributed by atoms with Gasteiger partial charge in [-0.2, -0.15) is 10.1 Å². The lowest BCUT2D eigenvalue weighted by Gasteiger charge is -2.28. The normalized spacial score (nSPS) is 15.0. The number of nitrogens with one attached hydrogen (secondary N) is 1. The number of allylic oxidation sites excluding steroid dienone is 1. The summed E-state index contributed by atoms with van der Waals surface area (Å²) in [7, 11) is 0. The zero-order valence-electron chi connectivity index (χ0n) is 19.3. The molecule has 0 spiro atoms. The van der Waals surface area contributed by atoms with E-state index >= 15 is 0 Å². The molecule has 0 amide bonds. The highest BCUT2D eigenvalue weighted by molar-refractivity contribution is 5.92. The molecule has 0 bridgehead atoms. The van der Waals surface area contributed by atoms with E-state index < -0.39 is 12.0 Å². The number of benzene rings is 2. The molecule has 8 heteroatoms. The maximum atomic E-state index is 12.9. The molecule has 2 heterocycles. The summed E-state index contributed by atoms with van der Waals surface area (Å²) in [6.45, 7) is 8.78. The minimum absolute atomic E-state index is 0.280. The second kappa shape index (κ2) is 9.77. The molecule has 33 heavy (non-hydrogen) atoms. The fourth-order valence-corrected chi connectivity index (χ4v) is 3.92. The number of aromatic nitrogens is 3. The number of hydrogen-bond donors (Lipinski definition) is 1. The Morgan fingerprint density at radius 3 is 2.67 bits per heavy atom. The molecule has 4 rings (SSSR count). The Labute approximate surface area is 193 Å². The molecule has 1 atom stereocenters.